The van der Waals surface area contributed by atoms with Crippen molar-refractivity contribution in [1.29, 1.82) is 0 Å². The van der Waals surface area contributed by atoms with Gasteiger partial charge in [-0.15, -0.1) is 0 Å². The highest BCUT2D eigenvalue weighted by atomic mass is 16.5. The Morgan fingerprint density at radius 3 is 2.78 bits per heavy atom. The zero-order valence-corrected chi connectivity index (χ0v) is 18.7. The van der Waals surface area contributed by atoms with E-state index >= 15 is 0 Å². The second kappa shape index (κ2) is 10.6. The highest BCUT2D eigenvalue weighted by Crippen LogP contribution is 2.37. The van der Waals surface area contributed by atoms with Crippen molar-refractivity contribution in [1.82, 2.24) is 25.0 Å². The van der Waals surface area contributed by atoms with E-state index in [1.807, 2.05) is 29.2 Å². The Hall–Kier alpha value is -2.90. The Balaban J connectivity index is 1.33. The fraction of sp³-hybridized carbons (Fsp3) is 0.583. The molecule has 1 N–H and O–H groups in total. The summed E-state index contributed by atoms with van der Waals surface area (Å²) in [5, 5.41) is 7.26. The van der Waals surface area contributed by atoms with Gasteiger partial charge >= 0.3 is 0 Å². The van der Waals surface area contributed by atoms with E-state index < -0.39 is 0 Å². The standard InChI is InChI=1S/C24H33N5O3/c30-22(9-6-13-29-19-25-18-27-29)28-14-11-24(12-15-28)10-4-1-5-16-32-21-8-3-2-7-20(21)23(31)26-17-24/h2-3,7-8,18-19H,1,4-6,9-17H2,(H,26,31). The summed E-state index contributed by atoms with van der Waals surface area (Å²) in [7, 11) is 0. The molecule has 0 bridgehead atoms. The quantitative estimate of drug-likeness (QED) is 0.791. The molecule has 0 atom stereocenters. The Labute approximate surface area is 189 Å². The van der Waals surface area contributed by atoms with Gasteiger partial charge in [0.1, 0.15) is 18.4 Å². The van der Waals surface area contributed by atoms with E-state index in [2.05, 4.69) is 15.4 Å². The summed E-state index contributed by atoms with van der Waals surface area (Å²) in [4.78, 5) is 31.5. The number of nitrogens with zero attached hydrogens (tertiary/aromatic N) is 4. The fourth-order valence-electron chi connectivity index (χ4n) is 4.75. The van der Waals surface area contributed by atoms with Crippen molar-refractivity contribution >= 4 is 11.8 Å². The number of benzene rings is 1. The Bertz CT molecular complexity index is 891. The van der Waals surface area contributed by atoms with Gasteiger partial charge in [-0.1, -0.05) is 25.0 Å². The lowest BCUT2D eigenvalue weighted by atomic mass is 9.74. The smallest absolute Gasteiger partial charge is 0.255 e. The van der Waals surface area contributed by atoms with Crippen LogP contribution in [0.1, 0.15) is 61.7 Å². The normalized spacial score (nSPS) is 19.2. The van der Waals surface area contributed by atoms with Gasteiger partial charge in [-0.25, -0.2) is 4.98 Å². The van der Waals surface area contributed by atoms with Crippen LogP contribution >= 0.6 is 0 Å². The van der Waals surface area contributed by atoms with Crippen LogP contribution in [-0.2, 0) is 11.3 Å². The van der Waals surface area contributed by atoms with Gasteiger partial charge in [-0.05, 0) is 49.7 Å². The number of amides is 2. The number of hydrogen-bond acceptors (Lipinski definition) is 5. The van der Waals surface area contributed by atoms with Crippen molar-refractivity contribution in [2.45, 2.75) is 57.9 Å². The van der Waals surface area contributed by atoms with Gasteiger partial charge in [0, 0.05) is 32.6 Å². The molecule has 0 saturated carbocycles. The van der Waals surface area contributed by atoms with Crippen molar-refractivity contribution in [3.8, 4) is 5.75 Å². The summed E-state index contributed by atoms with van der Waals surface area (Å²) in [6.07, 6.45) is 10.6. The van der Waals surface area contributed by atoms with E-state index in [-0.39, 0.29) is 17.2 Å². The molecule has 8 heteroatoms. The molecule has 0 radical (unpaired) electrons. The van der Waals surface area contributed by atoms with Crippen molar-refractivity contribution in [2.75, 3.05) is 26.2 Å². The summed E-state index contributed by atoms with van der Waals surface area (Å²) < 4.78 is 7.61. The zero-order valence-electron chi connectivity index (χ0n) is 18.7. The molecule has 8 nitrogen and oxygen atoms in total. The number of carbonyl (C=O) groups is 2. The molecule has 4 rings (SSSR count). The molecule has 1 aromatic heterocycles. The van der Waals surface area contributed by atoms with Crippen LogP contribution in [-0.4, -0.2) is 57.7 Å². The topological polar surface area (TPSA) is 89.4 Å². The number of hydrogen-bond donors (Lipinski definition) is 1. The second-order valence-electron chi connectivity index (χ2n) is 8.98. The molecule has 2 aliphatic rings. The Morgan fingerprint density at radius 2 is 1.97 bits per heavy atom. The summed E-state index contributed by atoms with van der Waals surface area (Å²) in [6.45, 7) is 3.51. The minimum absolute atomic E-state index is 0.0577. The number of aromatic nitrogens is 3. The number of fused-ring (bicyclic) bond motifs is 1. The minimum Gasteiger partial charge on any atom is -0.493 e. The first kappa shape index (κ1) is 22.3. The Morgan fingerprint density at radius 1 is 1.12 bits per heavy atom. The number of likely N-dealkylation sites (tertiary alicyclic amines) is 1. The molecule has 0 unspecified atom stereocenters. The maximum absolute atomic E-state index is 12.9. The van der Waals surface area contributed by atoms with Crippen molar-refractivity contribution in [2.24, 2.45) is 5.41 Å². The fourth-order valence-corrected chi connectivity index (χ4v) is 4.75. The molecule has 1 saturated heterocycles. The summed E-state index contributed by atoms with van der Waals surface area (Å²) in [5.41, 5.74) is 0.658. The molecule has 0 aliphatic carbocycles. The van der Waals surface area contributed by atoms with Crippen molar-refractivity contribution < 1.29 is 14.3 Å². The second-order valence-corrected chi connectivity index (χ2v) is 8.98. The van der Waals surface area contributed by atoms with Gasteiger partial charge in [0.25, 0.3) is 5.91 Å². The van der Waals surface area contributed by atoms with Crippen LogP contribution in [0.15, 0.2) is 36.9 Å². The Kier molecular flexibility index (Phi) is 7.39. The van der Waals surface area contributed by atoms with E-state index in [1.54, 1.807) is 11.0 Å². The molecule has 2 amide bonds. The average molecular weight is 440 g/mol. The van der Waals surface area contributed by atoms with Crippen LogP contribution in [0, 0.1) is 5.41 Å². The number of para-hydroxylation sites is 1. The number of piperidine rings is 1. The predicted octanol–water partition coefficient (Wildman–Crippen LogP) is 3.05. The van der Waals surface area contributed by atoms with Crippen molar-refractivity contribution in [3.05, 3.63) is 42.5 Å². The molecular weight excluding hydrogens is 406 g/mol. The van der Waals surface area contributed by atoms with E-state index in [0.717, 1.165) is 58.0 Å². The van der Waals surface area contributed by atoms with E-state index in [1.165, 1.54) is 6.33 Å². The maximum Gasteiger partial charge on any atom is 0.255 e. The van der Waals surface area contributed by atoms with Crippen LogP contribution in [0.25, 0.3) is 0 Å². The maximum atomic E-state index is 12.9. The molecule has 32 heavy (non-hydrogen) atoms. The third-order valence-corrected chi connectivity index (χ3v) is 6.79. The van der Waals surface area contributed by atoms with Gasteiger partial charge in [0.15, 0.2) is 0 Å². The number of aryl methyl sites for hydroxylation is 1. The van der Waals surface area contributed by atoms with Crippen LogP contribution in [0.3, 0.4) is 0 Å². The molecule has 1 aromatic carbocycles. The van der Waals surface area contributed by atoms with E-state index in [4.69, 9.17) is 4.74 Å². The summed E-state index contributed by atoms with van der Waals surface area (Å²) >= 11 is 0. The summed E-state index contributed by atoms with van der Waals surface area (Å²) in [5.74, 6) is 0.793. The molecule has 172 valence electrons. The predicted molar refractivity (Wildman–Crippen MR) is 120 cm³/mol. The van der Waals surface area contributed by atoms with Gasteiger partial charge in [-0.2, -0.15) is 5.10 Å². The average Bonchev–Trinajstić information content (AvgIpc) is 3.33. The number of ether oxygens (including phenoxy) is 1. The van der Waals surface area contributed by atoms with E-state index in [0.29, 0.717) is 37.4 Å². The third kappa shape index (κ3) is 5.66. The molecule has 1 spiro atoms. The van der Waals surface area contributed by atoms with Gasteiger partial charge in [-0.3, -0.25) is 14.3 Å². The van der Waals surface area contributed by atoms with Crippen LogP contribution in [0.2, 0.25) is 0 Å². The zero-order chi connectivity index (χ0) is 22.2. The first-order chi connectivity index (χ1) is 15.7. The van der Waals surface area contributed by atoms with Crippen LogP contribution < -0.4 is 10.1 Å². The number of carbonyl (C=O) groups excluding carboxylic acids is 2. The lowest BCUT2D eigenvalue weighted by Crippen LogP contribution is -2.48. The largest absolute Gasteiger partial charge is 0.493 e. The van der Waals surface area contributed by atoms with Gasteiger partial charge < -0.3 is 15.0 Å². The van der Waals surface area contributed by atoms with Crippen molar-refractivity contribution in [3.63, 3.8) is 0 Å². The lowest BCUT2D eigenvalue weighted by molar-refractivity contribution is -0.133. The summed E-state index contributed by atoms with van der Waals surface area (Å²) in [6, 6.07) is 7.46. The van der Waals surface area contributed by atoms with E-state index in [9.17, 15) is 9.59 Å². The van der Waals surface area contributed by atoms with Crippen LogP contribution in [0.5, 0.6) is 5.75 Å². The monoisotopic (exact) mass is 439 g/mol. The molecule has 2 aliphatic heterocycles. The lowest BCUT2D eigenvalue weighted by Gasteiger charge is -2.42. The molecule has 1 fully saturated rings. The van der Waals surface area contributed by atoms with Gasteiger partial charge in [0.2, 0.25) is 5.91 Å². The first-order valence-corrected chi connectivity index (χ1v) is 11.8. The number of nitrogens with one attached hydrogen (secondary N) is 1. The number of rotatable bonds is 4. The molecule has 2 aromatic rings. The van der Waals surface area contributed by atoms with Crippen LogP contribution in [0.4, 0.5) is 0 Å². The molecular formula is C24H33N5O3. The highest BCUT2D eigenvalue weighted by Gasteiger charge is 2.36. The third-order valence-electron chi connectivity index (χ3n) is 6.79. The molecule has 3 heterocycles. The minimum atomic E-state index is -0.0767. The SMILES string of the molecule is O=C1NCC2(CCCCCOc3ccccc31)CCN(C(=O)CCCn1cncn1)CC2. The van der Waals surface area contributed by atoms with Gasteiger partial charge in [0.05, 0.1) is 12.2 Å². The first-order valence-electron chi connectivity index (χ1n) is 11.8. The highest BCUT2D eigenvalue weighted by molar-refractivity contribution is 5.96.